The molecule has 21 heavy (non-hydrogen) atoms. The molecule has 112 valence electrons. The lowest BCUT2D eigenvalue weighted by atomic mass is 9.75. The smallest absolute Gasteiger partial charge is 0.310 e. The summed E-state index contributed by atoms with van der Waals surface area (Å²) in [6.07, 6.45) is 1.47. The predicted molar refractivity (Wildman–Crippen MR) is 77.6 cm³/mol. The van der Waals surface area contributed by atoms with Crippen molar-refractivity contribution < 1.29 is 19.8 Å². The summed E-state index contributed by atoms with van der Waals surface area (Å²) in [4.78, 5) is 23.0. The van der Waals surface area contributed by atoms with Gasteiger partial charge in [-0.05, 0) is 48.8 Å². The van der Waals surface area contributed by atoms with Crippen LogP contribution in [0.3, 0.4) is 0 Å². The van der Waals surface area contributed by atoms with Gasteiger partial charge in [0.15, 0.2) is 0 Å². The highest BCUT2D eigenvalue weighted by Gasteiger charge is 2.70. The number of rotatable bonds is 4. The summed E-state index contributed by atoms with van der Waals surface area (Å²) in [5.41, 5.74) is -0.214. The molecule has 6 heteroatoms. The van der Waals surface area contributed by atoms with E-state index in [-0.39, 0.29) is 11.8 Å². The zero-order valence-corrected chi connectivity index (χ0v) is 12.6. The molecular weight excluding hydrogens is 315 g/mol. The van der Waals surface area contributed by atoms with Gasteiger partial charge in [-0.15, -0.1) is 0 Å². The normalized spacial score (nSPS) is 33.5. The first-order valence-corrected chi connectivity index (χ1v) is 7.52. The second kappa shape index (κ2) is 4.89. The van der Waals surface area contributed by atoms with Crippen LogP contribution >= 0.6 is 23.2 Å². The minimum atomic E-state index is -0.995. The minimum absolute atomic E-state index is 0.00127. The first kappa shape index (κ1) is 14.7. The standard InChI is InChI=1S/C15H14Cl2O4/c16-9-2-1-7(5-10(9)17)6-15(14(20)21)4-3-8-11(12(8)15)13(18)19/h1-2,5,8,11-12H,3-4,6H2,(H,18,19)(H,20,21). The van der Waals surface area contributed by atoms with Crippen molar-refractivity contribution in [1.29, 1.82) is 0 Å². The number of hydrogen-bond acceptors (Lipinski definition) is 2. The third kappa shape index (κ3) is 2.21. The Morgan fingerprint density at radius 3 is 2.48 bits per heavy atom. The van der Waals surface area contributed by atoms with E-state index in [1.807, 2.05) is 0 Å². The minimum Gasteiger partial charge on any atom is -0.481 e. The molecule has 3 rings (SSSR count). The molecule has 0 saturated heterocycles. The Morgan fingerprint density at radius 1 is 1.24 bits per heavy atom. The van der Waals surface area contributed by atoms with Crippen LogP contribution in [0.2, 0.25) is 10.0 Å². The van der Waals surface area contributed by atoms with E-state index in [4.69, 9.17) is 23.2 Å². The summed E-state index contributed by atoms with van der Waals surface area (Å²) in [6.45, 7) is 0. The first-order valence-electron chi connectivity index (χ1n) is 6.77. The van der Waals surface area contributed by atoms with Gasteiger partial charge in [-0.2, -0.15) is 0 Å². The van der Waals surface area contributed by atoms with Crippen LogP contribution in [0.1, 0.15) is 18.4 Å². The van der Waals surface area contributed by atoms with Crippen molar-refractivity contribution in [3.05, 3.63) is 33.8 Å². The molecule has 4 atom stereocenters. The number of carboxylic acids is 2. The van der Waals surface area contributed by atoms with Crippen LogP contribution in [-0.2, 0) is 16.0 Å². The summed E-state index contributed by atoms with van der Waals surface area (Å²) in [5, 5.41) is 19.7. The molecule has 2 fully saturated rings. The average molecular weight is 329 g/mol. The van der Waals surface area contributed by atoms with Crippen molar-refractivity contribution in [1.82, 2.24) is 0 Å². The quantitative estimate of drug-likeness (QED) is 0.888. The maximum absolute atomic E-state index is 11.8. The summed E-state index contributed by atoms with van der Waals surface area (Å²) in [6, 6.07) is 5.06. The number of fused-ring (bicyclic) bond motifs is 1. The molecule has 0 bridgehead atoms. The molecular formula is C15H14Cl2O4. The lowest BCUT2D eigenvalue weighted by Gasteiger charge is -2.27. The van der Waals surface area contributed by atoms with Crippen molar-refractivity contribution >= 4 is 35.1 Å². The molecule has 0 aliphatic heterocycles. The summed E-state index contributed by atoms with van der Waals surface area (Å²) >= 11 is 11.8. The van der Waals surface area contributed by atoms with Gasteiger partial charge < -0.3 is 10.2 Å². The van der Waals surface area contributed by atoms with Crippen LogP contribution in [-0.4, -0.2) is 22.2 Å². The molecule has 2 aliphatic carbocycles. The molecule has 0 heterocycles. The highest BCUT2D eigenvalue weighted by molar-refractivity contribution is 6.42. The van der Waals surface area contributed by atoms with Crippen molar-refractivity contribution in [3.63, 3.8) is 0 Å². The highest BCUT2D eigenvalue weighted by Crippen LogP contribution is 2.67. The number of benzene rings is 1. The van der Waals surface area contributed by atoms with E-state index in [9.17, 15) is 19.8 Å². The molecule has 2 saturated carbocycles. The molecule has 2 N–H and O–H groups in total. The molecule has 1 aromatic rings. The van der Waals surface area contributed by atoms with E-state index >= 15 is 0 Å². The van der Waals surface area contributed by atoms with Gasteiger partial charge >= 0.3 is 11.9 Å². The van der Waals surface area contributed by atoms with Gasteiger partial charge in [0.1, 0.15) is 0 Å². The van der Waals surface area contributed by atoms with Gasteiger partial charge in [0.25, 0.3) is 0 Å². The number of halogens is 2. The number of hydrogen-bond donors (Lipinski definition) is 2. The van der Waals surface area contributed by atoms with E-state index in [1.54, 1.807) is 18.2 Å². The van der Waals surface area contributed by atoms with Gasteiger partial charge in [0.05, 0.1) is 21.4 Å². The number of aliphatic carboxylic acids is 2. The summed E-state index contributed by atoms with van der Waals surface area (Å²) in [5.74, 6) is -2.59. The number of carbonyl (C=O) groups is 2. The monoisotopic (exact) mass is 328 g/mol. The first-order chi connectivity index (χ1) is 9.86. The zero-order valence-electron chi connectivity index (χ0n) is 11.1. The van der Waals surface area contributed by atoms with Crippen LogP contribution in [0.15, 0.2) is 18.2 Å². The van der Waals surface area contributed by atoms with Gasteiger partial charge in [-0.3, -0.25) is 9.59 Å². The van der Waals surface area contributed by atoms with E-state index in [0.29, 0.717) is 29.3 Å². The predicted octanol–water partition coefficient (Wildman–Crippen LogP) is 3.35. The average Bonchev–Trinajstić information content (AvgIpc) is 3.04. The molecule has 0 radical (unpaired) electrons. The fourth-order valence-electron chi connectivity index (χ4n) is 3.96. The SMILES string of the molecule is O=C(O)C1C2CCC(Cc3ccc(Cl)c(Cl)c3)(C(=O)O)C21. The fourth-order valence-corrected chi connectivity index (χ4v) is 4.28. The topological polar surface area (TPSA) is 74.6 Å². The van der Waals surface area contributed by atoms with E-state index in [0.717, 1.165) is 5.56 Å². The number of carboxylic acid groups (broad SMARTS) is 2. The Bertz CT molecular complexity index is 630. The zero-order chi connectivity index (χ0) is 15.4. The van der Waals surface area contributed by atoms with Gasteiger partial charge in [0.2, 0.25) is 0 Å². The van der Waals surface area contributed by atoms with E-state index in [1.165, 1.54) is 0 Å². The Hall–Kier alpha value is -1.26. The molecule has 2 aliphatic rings. The van der Waals surface area contributed by atoms with Crippen LogP contribution < -0.4 is 0 Å². The largest absolute Gasteiger partial charge is 0.481 e. The molecule has 4 nitrogen and oxygen atoms in total. The Labute approximate surface area is 131 Å². The maximum Gasteiger partial charge on any atom is 0.310 e. The third-order valence-electron chi connectivity index (χ3n) is 4.95. The molecule has 0 spiro atoms. The molecule has 1 aromatic carbocycles. The van der Waals surface area contributed by atoms with Crippen molar-refractivity contribution in [2.24, 2.45) is 23.2 Å². The lowest BCUT2D eigenvalue weighted by Crippen LogP contribution is -2.35. The van der Waals surface area contributed by atoms with Crippen molar-refractivity contribution in [2.75, 3.05) is 0 Å². The Kier molecular flexibility index (Phi) is 3.41. The second-order valence-corrected chi connectivity index (χ2v) is 6.79. The molecule has 4 unspecified atom stereocenters. The van der Waals surface area contributed by atoms with E-state index in [2.05, 4.69) is 0 Å². The lowest BCUT2D eigenvalue weighted by molar-refractivity contribution is -0.151. The van der Waals surface area contributed by atoms with Crippen LogP contribution in [0.5, 0.6) is 0 Å². The fraction of sp³-hybridized carbons (Fsp3) is 0.467. The third-order valence-corrected chi connectivity index (χ3v) is 5.68. The Balaban J connectivity index is 1.91. The van der Waals surface area contributed by atoms with Crippen LogP contribution in [0.4, 0.5) is 0 Å². The summed E-state index contributed by atoms with van der Waals surface area (Å²) < 4.78 is 0. The summed E-state index contributed by atoms with van der Waals surface area (Å²) in [7, 11) is 0. The Morgan fingerprint density at radius 2 is 1.95 bits per heavy atom. The molecule has 0 aromatic heterocycles. The van der Waals surface area contributed by atoms with Gasteiger partial charge in [-0.25, -0.2) is 0 Å². The highest BCUT2D eigenvalue weighted by atomic mass is 35.5. The van der Waals surface area contributed by atoms with Gasteiger partial charge in [-0.1, -0.05) is 29.3 Å². The molecule has 0 amide bonds. The maximum atomic E-state index is 11.8. The van der Waals surface area contributed by atoms with E-state index < -0.39 is 23.3 Å². The van der Waals surface area contributed by atoms with Crippen LogP contribution in [0.25, 0.3) is 0 Å². The second-order valence-electron chi connectivity index (χ2n) is 5.98. The van der Waals surface area contributed by atoms with Crippen LogP contribution in [0, 0.1) is 23.2 Å². The van der Waals surface area contributed by atoms with Crippen molar-refractivity contribution in [3.8, 4) is 0 Å². The van der Waals surface area contributed by atoms with Crippen molar-refractivity contribution in [2.45, 2.75) is 19.3 Å². The van der Waals surface area contributed by atoms with Gasteiger partial charge in [0, 0.05) is 0 Å².